The minimum absolute atomic E-state index is 0.0748. The summed E-state index contributed by atoms with van der Waals surface area (Å²) < 4.78 is 36.3. The van der Waals surface area contributed by atoms with Gasteiger partial charge in [-0.2, -0.15) is 5.26 Å². The van der Waals surface area contributed by atoms with Crippen LogP contribution >= 0.6 is 0 Å². The van der Waals surface area contributed by atoms with Crippen LogP contribution in [0, 0.1) is 18.3 Å². The zero-order valence-electron chi connectivity index (χ0n) is 14.3. The van der Waals surface area contributed by atoms with Gasteiger partial charge in [-0.3, -0.25) is 0 Å². The first-order valence-corrected chi connectivity index (χ1v) is 9.15. The lowest BCUT2D eigenvalue weighted by atomic mass is 10.1. The number of ether oxygens (including phenoxy) is 2. The molecule has 0 heterocycles. The Morgan fingerprint density at radius 2 is 1.88 bits per heavy atom. The summed E-state index contributed by atoms with van der Waals surface area (Å²) in [5.74, 6) is 0.875. The number of methoxy groups -OCH3 is 1. The Morgan fingerprint density at radius 3 is 2.44 bits per heavy atom. The predicted octanol–water partition coefficient (Wildman–Crippen LogP) is 3.74. The van der Waals surface area contributed by atoms with Crippen LogP contribution < -0.4 is 9.47 Å². The third-order valence-corrected chi connectivity index (χ3v) is 5.21. The molecule has 2 aromatic rings. The maximum Gasteiger partial charge on any atom is 0.216 e. The zero-order chi connectivity index (χ0) is 18.4. The second kappa shape index (κ2) is 7.86. The van der Waals surface area contributed by atoms with Crippen LogP contribution in [0.5, 0.6) is 11.5 Å². The molecular formula is C19H19NO4S. The fraction of sp³-hybridized carbons (Fsp3) is 0.211. The second-order valence-corrected chi connectivity index (χ2v) is 7.17. The number of rotatable bonds is 6. The zero-order valence-corrected chi connectivity index (χ0v) is 15.1. The summed E-state index contributed by atoms with van der Waals surface area (Å²) >= 11 is 0. The lowest BCUT2D eigenvalue weighted by Gasteiger charge is -2.12. The summed E-state index contributed by atoms with van der Waals surface area (Å²) in [5, 5.41) is 9.41. The first-order chi connectivity index (χ1) is 11.9. The molecule has 0 aliphatic heterocycles. The van der Waals surface area contributed by atoms with Crippen LogP contribution in [0.3, 0.4) is 0 Å². The van der Waals surface area contributed by atoms with E-state index >= 15 is 0 Å². The van der Waals surface area contributed by atoms with E-state index < -0.39 is 9.84 Å². The summed E-state index contributed by atoms with van der Waals surface area (Å²) in [6, 6.07) is 13.3. The van der Waals surface area contributed by atoms with Crippen molar-refractivity contribution < 1.29 is 17.9 Å². The predicted molar refractivity (Wildman–Crippen MR) is 96.1 cm³/mol. The average Bonchev–Trinajstić information content (AvgIpc) is 2.60. The molecule has 0 saturated heterocycles. The Morgan fingerprint density at radius 1 is 1.20 bits per heavy atom. The van der Waals surface area contributed by atoms with E-state index in [0.29, 0.717) is 23.7 Å². The van der Waals surface area contributed by atoms with Crippen LogP contribution in [0.1, 0.15) is 18.1 Å². The van der Waals surface area contributed by atoms with Crippen molar-refractivity contribution in [2.75, 3.05) is 13.7 Å². The van der Waals surface area contributed by atoms with Gasteiger partial charge in [0.05, 0.1) is 18.6 Å². The Kier molecular flexibility index (Phi) is 5.84. The van der Waals surface area contributed by atoms with Crippen molar-refractivity contribution in [2.45, 2.75) is 18.7 Å². The molecule has 0 aromatic heterocycles. The van der Waals surface area contributed by atoms with Crippen LogP contribution in [0.25, 0.3) is 6.08 Å². The van der Waals surface area contributed by atoms with Gasteiger partial charge in [0, 0.05) is 5.56 Å². The monoisotopic (exact) mass is 357 g/mol. The highest BCUT2D eigenvalue weighted by molar-refractivity contribution is 7.95. The number of hydrogen-bond acceptors (Lipinski definition) is 5. The largest absolute Gasteiger partial charge is 0.492 e. The van der Waals surface area contributed by atoms with E-state index in [1.54, 1.807) is 36.4 Å². The summed E-state index contributed by atoms with van der Waals surface area (Å²) in [6.45, 7) is 4.14. The van der Waals surface area contributed by atoms with Gasteiger partial charge in [-0.15, -0.1) is 0 Å². The van der Waals surface area contributed by atoms with Gasteiger partial charge in [0.1, 0.15) is 11.0 Å². The van der Waals surface area contributed by atoms with Gasteiger partial charge in [-0.25, -0.2) is 8.42 Å². The van der Waals surface area contributed by atoms with Crippen molar-refractivity contribution in [1.29, 1.82) is 5.26 Å². The SMILES string of the molecule is CCOc1cccc(C=C(C#N)S(=O)(=O)c2ccc(C)cc2)c1OC. The summed E-state index contributed by atoms with van der Waals surface area (Å²) in [6.07, 6.45) is 1.30. The first kappa shape index (κ1) is 18.6. The van der Waals surface area contributed by atoms with Crippen LogP contribution in [-0.4, -0.2) is 22.1 Å². The van der Waals surface area contributed by atoms with E-state index in [0.717, 1.165) is 5.56 Å². The van der Waals surface area contributed by atoms with Gasteiger partial charge in [0.15, 0.2) is 11.5 Å². The fourth-order valence-electron chi connectivity index (χ4n) is 2.29. The molecule has 0 spiro atoms. The lowest BCUT2D eigenvalue weighted by Crippen LogP contribution is -2.04. The van der Waals surface area contributed by atoms with Gasteiger partial charge in [0.2, 0.25) is 9.84 Å². The summed E-state index contributed by atoms with van der Waals surface area (Å²) in [5.41, 5.74) is 1.40. The van der Waals surface area contributed by atoms with Crippen molar-refractivity contribution in [1.82, 2.24) is 0 Å². The molecule has 5 nitrogen and oxygen atoms in total. The van der Waals surface area contributed by atoms with Crippen LogP contribution in [0.4, 0.5) is 0 Å². The molecule has 2 aromatic carbocycles. The Balaban J connectivity index is 2.56. The van der Waals surface area contributed by atoms with E-state index in [1.165, 1.54) is 25.3 Å². The third-order valence-electron chi connectivity index (χ3n) is 3.53. The van der Waals surface area contributed by atoms with Crippen molar-refractivity contribution in [2.24, 2.45) is 0 Å². The van der Waals surface area contributed by atoms with Gasteiger partial charge in [-0.1, -0.05) is 29.8 Å². The molecule has 0 unspecified atom stereocenters. The second-order valence-electron chi connectivity index (χ2n) is 5.25. The molecule has 6 heteroatoms. The molecule has 130 valence electrons. The number of nitrogens with zero attached hydrogens (tertiary/aromatic N) is 1. The smallest absolute Gasteiger partial charge is 0.216 e. The Bertz CT molecular complexity index is 923. The third kappa shape index (κ3) is 4.01. The van der Waals surface area contributed by atoms with E-state index in [2.05, 4.69) is 0 Å². The maximum absolute atomic E-state index is 12.7. The highest BCUT2D eigenvalue weighted by atomic mass is 32.2. The highest BCUT2D eigenvalue weighted by Crippen LogP contribution is 2.33. The first-order valence-electron chi connectivity index (χ1n) is 7.67. The standard InChI is InChI=1S/C19H19NO4S/c1-4-24-18-7-5-6-15(19(18)23-3)12-17(13-20)25(21,22)16-10-8-14(2)9-11-16/h5-12H,4H2,1-3H3. The van der Waals surface area contributed by atoms with Crippen LogP contribution in [-0.2, 0) is 9.84 Å². The van der Waals surface area contributed by atoms with Gasteiger partial charge in [-0.05, 0) is 38.1 Å². The van der Waals surface area contributed by atoms with E-state index in [1.807, 2.05) is 13.8 Å². The van der Waals surface area contributed by atoms with Gasteiger partial charge < -0.3 is 9.47 Å². The van der Waals surface area contributed by atoms with Crippen LogP contribution in [0.15, 0.2) is 52.3 Å². The molecule has 0 fully saturated rings. The van der Waals surface area contributed by atoms with Crippen molar-refractivity contribution in [3.8, 4) is 17.6 Å². The van der Waals surface area contributed by atoms with Crippen LogP contribution in [0.2, 0.25) is 0 Å². The normalized spacial score (nSPS) is 11.7. The molecule has 0 N–H and O–H groups in total. The summed E-state index contributed by atoms with van der Waals surface area (Å²) in [7, 11) is -2.44. The molecule has 25 heavy (non-hydrogen) atoms. The Labute approximate surface area is 148 Å². The summed E-state index contributed by atoms with van der Waals surface area (Å²) in [4.78, 5) is -0.283. The van der Waals surface area contributed by atoms with Crippen molar-refractivity contribution in [3.05, 3.63) is 58.5 Å². The number of allylic oxidation sites excluding steroid dienone is 1. The molecule has 0 radical (unpaired) electrons. The average molecular weight is 357 g/mol. The van der Waals surface area contributed by atoms with Gasteiger partial charge in [0.25, 0.3) is 0 Å². The maximum atomic E-state index is 12.7. The van der Waals surface area contributed by atoms with Crippen molar-refractivity contribution in [3.63, 3.8) is 0 Å². The molecule has 0 bridgehead atoms. The number of hydrogen-bond donors (Lipinski definition) is 0. The lowest BCUT2D eigenvalue weighted by molar-refractivity contribution is 0.310. The molecule has 2 rings (SSSR count). The fourth-order valence-corrected chi connectivity index (χ4v) is 3.44. The molecule has 0 atom stereocenters. The topological polar surface area (TPSA) is 76.4 Å². The molecule has 0 saturated carbocycles. The van der Waals surface area contributed by atoms with Crippen molar-refractivity contribution >= 4 is 15.9 Å². The molecule has 0 amide bonds. The quantitative estimate of drug-likeness (QED) is 0.736. The minimum Gasteiger partial charge on any atom is -0.492 e. The van der Waals surface area contributed by atoms with E-state index in [9.17, 15) is 13.7 Å². The molecule has 0 aliphatic carbocycles. The minimum atomic E-state index is -3.91. The number of aryl methyl sites for hydroxylation is 1. The number of para-hydroxylation sites is 1. The van der Waals surface area contributed by atoms with E-state index in [4.69, 9.17) is 9.47 Å². The highest BCUT2D eigenvalue weighted by Gasteiger charge is 2.21. The van der Waals surface area contributed by atoms with E-state index in [-0.39, 0.29) is 9.80 Å². The molecule has 0 aliphatic rings. The number of benzene rings is 2. The number of sulfone groups is 1. The number of nitriles is 1. The van der Waals surface area contributed by atoms with Gasteiger partial charge >= 0.3 is 0 Å². The Hall–Kier alpha value is -2.78. The molecular weight excluding hydrogens is 338 g/mol.